The van der Waals surface area contributed by atoms with Crippen molar-refractivity contribution in [1.82, 2.24) is 4.98 Å². The third-order valence-electron chi connectivity index (χ3n) is 3.16. The molecule has 0 saturated carbocycles. The number of thiazole rings is 1. The highest BCUT2D eigenvalue weighted by molar-refractivity contribution is 8.00. The van der Waals surface area contributed by atoms with Gasteiger partial charge in [0.15, 0.2) is 5.13 Å². The summed E-state index contributed by atoms with van der Waals surface area (Å²) in [5.41, 5.74) is -1.05. The quantitative estimate of drug-likeness (QED) is 0.679. The molecule has 10 heteroatoms. The predicted molar refractivity (Wildman–Crippen MR) is 104 cm³/mol. The van der Waals surface area contributed by atoms with Crippen LogP contribution in [0.25, 0.3) is 11.3 Å². The second-order valence-corrected chi connectivity index (χ2v) is 8.98. The first-order chi connectivity index (χ1) is 13.0. The molecule has 1 aromatic heterocycles. The predicted octanol–water partition coefficient (Wildman–Crippen LogP) is 4.55. The van der Waals surface area contributed by atoms with Crippen molar-refractivity contribution in [3.05, 3.63) is 34.5 Å². The van der Waals surface area contributed by atoms with Crippen molar-refractivity contribution in [3.63, 3.8) is 0 Å². The average molecular weight is 432 g/mol. The number of nitrogens with zero attached hydrogens (tertiary/aromatic N) is 1. The van der Waals surface area contributed by atoms with E-state index in [2.05, 4.69) is 10.3 Å². The van der Waals surface area contributed by atoms with Crippen LogP contribution < -0.4 is 5.32 Å². The van der Waals surface area contributed by atoms with Crippen LogP contribution in [0.4, 0.5) is 18.3 Å². The number of aromatic nitrogens is 1. The summed E-state index contributed by atoms with van der Waals surface area (Å²) in [5.74, 6) is -4.03. The first-order valence-electron chi connectivity index (χ1n) is 8.18. The summed E-state index contributed by atoms with van der Waals surface area (Å²) in [7, 11) is 0. The first-order valence-corrected chi connectivity index (χ1v) is 10.1. The Morgan fingerprint density at radius 3 is 2.36 bits per heavy atom. The van der Waals surface area contributed by atoms with Gasteiger partial charge >= 0.3 is 5.97 Å². The third-order valence-corrected chi connectivity index (χ3v) is 4.95. The van der Waals surface area contributed by atoms with Crippen LogP contribution in [0.15, 0.2) is 12.1 Å². The van der Waals surface area contributed by atoms with Crippen LogP contribution in [0.3, 0.4) is 0 Å². The number of amides is 1. The standard InChI is InChI=1S/C18H19F3N2O3S2/c1-9-16(15-11(20)5-10(19)6-12(15)21)23-17(28-9)22-13(24)7-27-8-14(25)26-18(2,3)4/h5-6H,7-8H2,1-4H3,(H,22,23,24). The molecule has 0 fully saturated rings. The van der Waals surface area contributed by atoms with E-state index >= 15 is 0 Å². The zero-order valence-electron chi connectivity index (χ0n) is 15.7. The van der Waals surface area contributed by atoms with Gasteiger partial charge < -0.3 is 10.1 Å². The van der Waals surface area contributed by atoms with Gasteiger partial charge in [-0.1, -0.05) is 0 Å². The summed E-state index contributed by atoms with van der Waals surface area (Å²) in [5, 5.41) is 2.67. The molecule has 2 aromatic rings. The molecule has 0 saturated heterocycles. The molecule has 0 bridgehead atoms. The molecule has 0 aliphatic heterocycles. The van der Waals surface area contributed by atoms with Crippen molar-refractivity contribution < 1.29 is 27.5 Å². The van der Waals surface area contributed by atoms with Crippen molar-refractivity contribution in [3.8, 4) is 11.3 Å². The fraction of sp³-hybridized carbons (Fsp3) is 0.389. The van der Waals surface area contributed by atoms with Crippen LogP contribution in [-0.4, -0.2) is 34.0 Å². The summed E-state index contributed by atoms with van der Waals surface area (Å²) >= 11 is 2.11. The molecular weight excluding hydrogens is 413 g/mol. The lowest BCUT2D eigenvalue weighted by molar-refractivity contribution is -0.151. The molecule has 1 N–H and O–H groups in total. The molecule has 0 atom stereocenters. The summed E-state index contributed by atoms with van der Waals surface area (Å²) in [6, 6.07) is 1.14. The maximum atomic E-state index is 14.0. The zero-order valence-corrected chi connectivity index (χ0v) is 17.3. The number of ether oxygens (including phenoxy) is 1. The van der Waals surface area contributed by atoms with Gasteiger partial charge in [-0.05, 0) is 27.7 Å². The van der Waals surface area contributed by atoms with E-state index in [1.807, 2.05) is 0 Å². The van der Waals surface area contributed by atoms with Gasteiger partial charge in [0, 0.05) is 17.0 Å². The SMILES string of the molecule is Cc1sc(NC(=O)CSCC(=O)OC(C)(C)C)nc1-c1c(F)cc(F)cc1F. The molecule has 1 amide bonds. The van der Waals surface area contributed by atoms with Crippen molar-refractivity contribution in [1.29, 1.82) is 0 Å². The second-order valence-electron chi connectivity index (χ2n) is 6.80. The monoisotopic (exact) mass is 432 g/mol. The lowest BCUT2D eigenvalue weighted by Gasteiger charge is -2.19. The van der Waals surface area contributed by atoms with Crippen molar-refractivity contribution in [2.24, 2.45) is 0 Å². The largest absolute Gasteiger partial charge is 0.459 e. The van der Waals surface area contributed by atoms with E-state index in [0.717, 1.165) is 23.1 Å². The second kappa shape index (κ2) is 8.95. The van der Waals surface area contributed by atoms with E-state index in [1.165, 1.54) is 0 Å². The number of hydrogen-bond acceptors (Lipinski definition) is 6. The lowest BCUT2D eigenvalue weighted by atomic mass is 10.1. The minimum Gasteiger partial charge on any atom is -0.459 e. The van der Waals surface area contributed by atoms with E-state index in [-0.39, 0.29) is 22.3 Å². The highest BCUT2D eigenvalue weighted by atomic mass is 32.2. The minimum atomic E-state index is -1.07. The van der Waals surface area contributed by atoms with Crippen LogP contribution in [-0.2, 0) is 14.3 Å². The number of rotatable bonds is 6. The van der Waals surface area contributed by atoms with Gasteiger partial charge in [-0.2, -0.15) is 0 Å². The molecule has 1 aromatic carbocycles. The highest BCUT2D eigenvalue weighted by Gasteiger charge is 2.20. The first kappa shape index (κ1) is 22.2. The van der Waals surface area contributed by atoms with Crippen molar-refractivity contribution in [2.75, 3.05) is 16.8 Å². The summed E-state index contributed by atoms with van der Waals surface area (Å²) in [4.78, 5) is 28.1. The fourth-order valence-electron chi connectivity index (χ4n) is 2.20. The molecule has 0 radical (unpaired) electrons. The highest BCUT2D eigenvalue weighted by Crippen LogP contribution is 2.34. The number of anilines is 1. The molecule has 0 spiro atoms. The van der Waals surface area contributed by atoms with Crippen molar-refractivity contribution >= 4 is 40.1 Å². The van der Waals surface area contributed by atoms with Crippen LogP contribution in [0.1, 0.15) is 25.6 Å². The summed E-state index contributed by atoms with van der Waals surface area (Å²) < 4.78 is 46.1. The van der Waals surface area contributed by atoms with Gasteiger partial charge in [0.25, 0.3) is 0 Å². The Labute approximate surface area is 168 Å². The number of aryl methyl sites for hydroxylation is 1. The molecular formula is C18H19F3N2O3S2. The minimum absolute atomic E-state index is 0.00305. The smallest absolute Gasteiger partial charge is 0.316 e. The van der Waals surface area contributed by atoms with Crippen LogP contribution in [0, 0.1) is 24.4 Å². The van der Waals surface area contributed by atoms with E-state index in [9.17, 15) is 22.8 Å². The molecule has 152 valence electrons. The van der Waals surface area contributed by atoms with E-state index < -0.39 is 40.5 Å². The Morgan fingerprint density at radius 1 is 1.18 bits per heavy atom. The van der Waals surface area contributed by atoms with Crippen LogP contribution in [0.5, 0.6) is 0 Å². The normalized spacial score (nSPS) is 11.4. The molecule has 2 rings (SSSR count). The van der Waals surface area contributed by atoms with Gasteiger partial charge in [-0.3, -0.25) is 9.59 Å². The molecule has 1 heterocycles. The Bertz CT molecular complexity index is 872. The number of carbonyl (C=O) groups excluding carboxylic acids is 2. The van der Waals surface area contributed by atoms with Crippen LogP contribution in [0.2, 0.25) is 0 Å². The van der Waals surface area contributed by atoms with Crippen LogP contribution >= 0.6 is 23.1 Å². The number of halogens is 3. The molecule has 0 unspecified atom stereocenters. The fourth-order valence-corrected chi connectivity index (χ4v) is 3.63. The Hall–Kier alpha value is -2.07. The number of thioether (sulfide) groups is 1. The Kier molecular flexibility index (Phi) is 7.11. The van der Waals surface area contributed by atoms with Gasteiger partial charge in [0.05, 0.1) is 22.8 Å². The maximum Gasteiger partial charge on any atom is 0.316 e. The number of esters is 1. The Morgan fingerprint density at radius 2 is 1.79 bits per heavy atom. The number of hydrogen-bond donors (Lipinski definition) is 1. The van der Waals surface area contributed by atoms with Crippen molar-refractivity contribution in [2.45, 2.75) is 33.3 Å². The molecule has 5 nitrogen and oxygen atoms in total. The average Bonchev–Trinajstić information content (AvgIpc) is 2.84. The molecule has 28 heavy (non-hydrogen) atoms. The summed E-state index contributed by atoms with van der Waals surface area (Å²) in [6.07, 6.45) is 0. The topological polar surface area (TPSA) is 68.3 Å². The zero-order chi connectivity index (χ0) is 21.1. The molecule has 0 aliphatic carbocycles. The molecule has 0 aliphatic rings. The third kappa shape index (κ3) is 6.23. The van der Waals surface area contributed by atoms with Gasteiger partial charge in [-0.25, -0.2) is 18.2 Å². The number of carbonyl (C=O) groups is 2. The Balaban J connectivity index is 1.99. The van der Waals surface area contributed by atoms with E-state index in [0.29, 0.717) is 17.0 Å². The van der Waals surface area contributed by atoms with Gasteiger partial charge in [0.2, 0.25) is 5.91 Å². The number of nitrogens with one attached hydrogen (secondary N) is 1. The van der Waals surface area contributed by atoms with Gasteiger partial charge in [0.1, 0.15) is 23.1 Å². The maximum absolute atomic E-state index is 14.0. The number of benzene rings is 1. The van der Waals surface area contributed by atoms with E-state index in [1.54, 1.807) is 27.7 Å². The summed E-state index contributed by atoms with van der Waals surface area (Å²) in [6.45, 7) is 6.83. The van der Waals surface area contributed by atoms with E-state index in [4.69, 9.17) is 4.74 Å². The van der Waals surface area contributed by atoms with Gasteiger partial charge in [-0.15, -0.1) is 23.1 Å². The lowest BCUT2D eigenvalue weighted by Crippen LogP contribution is -2.25.